The molecule has 1 heterocycles. The molecule has 1 aliphatic heterocycles. The van der Waals surface area contributed by atoms with E-state index in [0.717, 1.165) is 23.8 Å². The third-order valence-electron chi connectivity index (χ3n) is 1.29. The molecule has 0 saturated carbocycles. The average molecular weight is 158 g/mol. The molecule has 0 fully saturated rings. The second-order valence-corrected chi connectivity index (χ2v) is 3.02. The lowest BCUT2D eigenvalue weighted by molar-refractivity contribution is 0.319. The third kappa shape index (κ3) is 1.50. The predicted molar refractivity (Wildman–Crippen MR) is 44.3 cm³/mol. The van der Waals surface area contributed by atoms with Crippen molar-refractivity contribution >= 4 is 22.5 Å². The van der Waals surface area contributed by atoms with Crippen LogP contribution >= 0.6 is 11.8 Å². The summed E-state index contributed by atoms with van der Waals surface area (Å²) in [5, 5.41) is 12.5. The van der Waals surface area contributed by atoms with Crippen molar-refractivity contribution in [3.05, 3.63) is 0 Å². The molecule has 0 amide bonds. The van der Waals surface area contributed by atoms with Gasteiger partial charge in [-0.1, -0.05) is 12.1 Å². The topological polar surface area (TPSA) is 45.0 Å². The fourth-order valence-corrected chi connectivity index (χ4v) is 1.68. The van der Waals surface area contributed by atoms with Crippen LogP contribution in [0.4, 0.5) is 0 Å². The molecule has 0 aliphatic carbocycles. The summed E-state index contributed by atoms with van der Waals surface area (Å²) in [6.07, 6.45) is 0.752. The summed E-state index contributed by atoms with van der Waals surface area (Å²) in [6, 6.07) is 0. The molecule has 3 nitrogen and oxygen atoms in total. The van der Waals surface area contributed by atoms with Gasteiger partial charge in [-0.05, 0) is 6.42 Å². The van der Waals surface area contributed by atoms with E-state index in [0.29, 0.717) is 5.71 Å². The zero-order chi connectivity index (χ0) is 7.40. The summed E-state index contributed by atoms with van der Waals surface area (Å²) in [7, 11) is 0. The molecule has 1 N–H and O–H groups in total. The quantitative estimate of drug-likeness (QED) is 0.375. The van der Waals surface area contributed by atoms with Crippen molar-refractivity contribution in [2.45, 2.75) is 13.3 Å². The lowest BCUT2D eigenvalue weighted by Gasteiger charge is -1.96. The van der Waals surface area contributed by atoms with E-state index < -0.39 is 0 Å². The number of hydrogen-bond acceptors (Lipinski definition) is 4. The van der Waals surface area contributed by atoms with Gasteiger partial charge in [0.05, 0.1) is 0 Å². The van der Waals surface area contributed by atoms with Crippen molar-refractivity contribution in [3.63, 3.8) is 0 Å². The molecule has 0 aromatic carbocycles. The van der Waals surface area contributed by atoms with Crippen LogP contribution in [0.15, 0.2) is 10.1 Å². The molecule has 0 bridgehead atoms. The summed E-state index contributed by atoms with van der Waals surface area (Å²) in [5.74, 6) is 1.02. The lowest BCUT2D eigenvalue weighted by atomic mass is 10.3. The third-order valence-corrected chi connectivity index (χ3v) is 2.31. The first kappa shape index (κ1) is 7.60. The molecule has 4 heteroatoms. The van der Waals surface area contributed by atoms with Crippen LogP contribution in [0.1, 0.15) is 13.3 Å². The lowest BCUT2D eigenvalue weighted by Crippen LogP contribution is -2.06. The molecule has 0 spiro atoms. The first-order valence-corrected chi connectivity index (χ1v) is 4.25. The van der Waals surface area contributed by atoms with E-state index in [2.05, 4.69) is 10.1 Å². The zero-order valence-corrected chi connectivity index (χ0v) is 6.69. The van der Waals surface area contributed by atoms with Crippen LogP contribution in [0.2, 0.25) is 0 Å². The molecule has 0 radical (unpaired) electrons. The highest BCUT2D eigenvalue weighted by molar-refractivity contribution is 8.16. The summed E-state index contributed by atoms with van der Waals surface area (Å²) in [5.41, 5.74) is 0.711. The summed E-state index contributed by atoms with van der Waals surface area (Å²) >= 11 is 1.66. The first-order valence-electron chi connectivity index (χ1n) is 3.27. The molecule has 56 valence electrons. The maximum Gasteiger partial charge on any atom is 0.115 e. The van der Waals surface area contributed by atoms with Crippen LogP contribution in [-0.4, -0.2) is 28.3 Å². The van der Waals surface area contributed by atoms with Gasteiger partial charge in [0.2, 0.25) is 0 Å². The van der Waals surface area contributed by atoms with Crippen LogP contribution in [0.25, 0.3) is 0 Å². The number of rotatable bonds is 2. The molecular weight excluding hydrogens is 148 g/mol. The summed E-state index contributed by atoms with van der Waals surface area (Å²) in [4.78, 5) is 4.17. The molecule has 0 unspecified atom stereocenters. The van der Waals surface area contributed by atoms with Gasteiger partial charge in [0.1, 0.15) is 10.8 Å². The number of oxime groups is 1. The second-order valence-electron chi connectivity index (χ2n) is 1.94. The van der Waals surface area contributed by atoms with Gasteiger partial charge in [-0.3, -0.25) is 4.99 Å². The highest BCUT2D eigenvalue weighted by atomic mass is 32.2. The van der Waals surface area contributed by atoms with Crippen molar-refractivity contribution in [1.29, 1.82) is 0 Å². The Kier molecular flexibility index (Phi) is 2.74. The number of thioether (sulfide) groups is 1. The minimum atomic E-state index is 0.711. The molecule has 0 aromatic rings. The number of nitrogens with zero attached hydrogens (tertiary/aromatic N) is 2. The van der Waals surface area contributed by atoms with Crippen molar-refractivity contribution < 1.29 is 5.21 Å². The van der Waals surface area contributed by atoms with Gasteiger partial charge in [0, 0.05) is 12.3 Å². The van der Waals surface area contributed by atoms with Crippen LogP contribution < -0.4 is 0 Å². The molecule has 0 atom stereocenters. The SMILES string of the molecule is CCC(=NO)C1=NCCS1. The molecule has 0 saturated heterocycles. The van der Waals surface area contributed by atoms with Crippen molar-refractivity contribution in [2.75, 3.05) is 12.3 Å². The predicted octanol–water partition coefficient (Wildman–Crippen LogP) is 1.37. The van der Waals surface area contributed by atoms with E-state index in [9.17, 15) is 0 Å². The standard InChI is InChI=1S/C6H10N2OS/c1-2-5(8-9)6-7-3-4-10-6/h9H,2-4H2,1H3. The van der Waals surface area contributed by atoms with Crippen LogP contribution in [0.5, 0.6) is 0 Å². The van der Waals surface area contributed by atoms with Gasteiger partial charge in [-0.25, -0.2) is 0 Å². The second kappa shape index (κ2) is 3.61. The van der Waals surface area contributed by atoms with Gasteiger partial charge in [0.15, 0.2) is 0 Å². The van der Waals surface area contributed by atoms with E-state index in [1.165, 1.54) is 0 Å². The zero-order valence-electron chi connectivity index (χ0n) is 5.87. The fourth-order valence-electron chi connectivity index (χ4n) is 0.774. The molecule has 1 aliphatic rings. The Morgan fingerprint density at radius 2 is 2.70 bits per heavy atom. The maximum absolute atomic E-state index is 8.48. The molecule has 10 heavy (non-hydrogen) atoms. The largest absolute Gasteiger partial charge is 0.411 e. The Balaban J connectivity index is 2.62. The van der Waals surface area contributed by atoms with Crippen molar-refractivity contribution in [2.24, 2.45) is 10.1 Å². The molecule has 0 aromatic heterocycles. The minimum Gasteiger partial charge on any atom is -0.411 e. The van der Waals surface area contributed by atoms with E-state index in [-0.39, 0.29) is 0 Å². The van der Waals surface area contributed by atoms with Gasteiger partial charge in [-0.2, -0.15) is 0 Å². The number of aliphatic imine (C=N–C) groups is 1. The van der Waals surface area contributed by atoms with E-state index in [1.807, 2.05) is 6.92 Å². The average Bonchev–Trinajstić information content (AvgIpc) is 2.43. The minimum absolute atomic E-state index is 0.711. The van der Waals surface area contributed by atoms with Gasteiger partial charge in [-0.15, -0.1) is 11.8 Å². The van der Waals surface area contributed by atoms with Crippen molar-refractivity contribution in [3.8, 4) is 0 Å². The molecule has 1 rings (SSSR count). The Bertz CT molecular complexity index is 177. The van der Waals surface area contributed by atoms with Crippen LogP contribution in [0, 0.1) is 0 Å². The Hall–Kier alpha value is -0.510. The van der Waals surface area contributed by atoms with Crippen LogP contribution in [0.3, 0.4) is 0 Å². The maximum atomic E-state index is 8.48. The van der Waals surface area contributed by atoms with E-state index >= 15 is 0 Å². The molecular formula is C6H10N2OS. The summed E-state index contributed by atoms with van der Waals surface area (Å²) in [6.45, 7) is 2.81. The smallest absolute Gasteiger partial charge is 0.115 e. The highest BCUT2D eigenvalue weighted by Crippen LogP contribution is 2.13. The van der Waals surface area contributed by atoms with Gasteiger partial charge < -0.3 is 5.21 Å². The Morgan fingerprint density at radius 1 is 1.90 bits per heavy atom. The Morgan fingerprint density at radius 3 is 3.10 bits per heavy atom. The monoisotopic (exact) mass is 158 g/mol. The first-order chi connectivity index (χ1) is 4.88. The summed E-state index contributed by atoms with van der Waals surface area (Å²) < 4.78 is 0. The van der Waals surface area contributed by atoms with Crippen LogP contribution in [-0.2, 0) is 0 Å². The van der Waals surface area contributed by atoms with E-state index in [4.69, 9.17) is 5.21 Å². The van der Waals surface area contributed by atoms with Gasteiger partial charge >= 0.3 is 0 Å². The normalized spacial score (nSPS) is 19.3. The number of hydrogen-bond donors (Lipinski definition) is 1. The van der Waals surface area contributed by atoms with Crippen molar-refractivity contribution in [1.82, 2.24) is 0 Å². The Labute approximate surface area is 64.2 Å². The van der Waals surface area contributed by atoms with E-state index in [1.54, 1.807) is 11.8 Å². The fraction of sp³-hybridized carbons (Fsp3) is 0.667. The van der Waals surface area contributed by atoms with Gasteiger partial charge in [0.25, 0.3) is 0 Å². The highest BCUT2D eigenvalue weighted by Gasteiger charge is 2.12.